The van der Waals surface area contributed by atoms with Crippen molar-refractivity contribution in [3.8, 4) is 22.6 Å². The van der Waals surface area contributed by atoms with Crippen LogP contribution in [-0.2, 0) is 22.0 Å². The summed E-state index contributed by atoms with van der Waals surface area (Å²) in [7, 11) is -0.658. The summed E-state index contributed by atoms with van der Waals surface area (Å²) in [5, 5.41) is 2.92. The van der Waals surface area contributed by atoms with Gasteiger partial charge in [0.25, 0.3) is 5.91 Å². The second-order valence-corrected chi connectivity index (χ2v) is 10.8. The number of methoxy groups -OCH3 is 2. The van der Waals surface area contributed by atoms with E-state index in [4.69, 9.17) is 9.47 Å². The number of rotatable bonds is 11. The number of amides is 1. The maximum atomic E-state index is 13.5. The molecule has 1 amide bonds. The largest absolute Gasteiger partial charge is 0.496 e. The predicted molar refractivity (Wildman–Crippen MR) is 149 cm³/mol. The van der Waals surface area contributed by atoms with Crippen LogP contribution < -0.4 is 14.8 Å². The summed E-state index contributed by atoms with van der Waals surface area (Å²) in [5.74, 6) is 0.533. The maximum absolute atomic E-state index is 13.5. The van der Waals surface area contributed by atoms with Crippen molar-refractivity contribution in [3.05, 3.63) is 114 Å². The molecule has 4 aromatic carbocycles. The SMILES string of the molecule is COc1ccccc1C(=O)NCCCc1cccc(CS(=O)(=O)c2cc(-c3ccccc3)ccc2OC)c1. The van der Waals surface area contributed by atoms with E-state index in [9.17, 15) is 13.2 Å². The molecule has 0 radical (unpaired) electrons. The highest BCUT2D eigenvalue weighted by molar-refractivity contribution is 7.90. The van der Waals surface area contributed by atoms with Gasteiger partial charge in [-0.1, -0.05) is 72.8 Å². The minimum Gasteiger partial charge on any atom is -0.496 e. The first-order chi connectivity index (χ1) is 18.4. The number of hydrogen-bond acceptors (Lipinski definition) is 5. The fraction of sp³-hybridized carbons (Fsp3) is 0.194. The van der Waals surface area contributed by atoms with Crippen LogP contribution in [0.2, 0.25) is 0 Å². The standard InChI is InChI=1S/C31H31NO5S/c1-36-28-16-7-6-15-27(28)31(33)32-19-9-12-23-10-8-11-24(20-23)22-38(34,35)30-21-26(17-18-29(30)37-2)25-13-4-3-5-14-25/h3-8,10-11,13-18,20-21H,9,12,19,22H2,1-2H3,(H,32,33). The van der Waals surface area contributed by atoms with Gasteiger partial charge in [0.1, 0.15) is 16.4 Å². The maximum Gasteiger partial charge on any atom is 0.255 e. The van der Waals surface area contributed by atoms with Crippen LogP contribution in [0.3, 0.4) is 0 Å². The van der Waals surface area contributed by atoms with Gasteiger partial charge in [-0.05, 0) is 59.4 Å². The zero-order valence-electron chi connectivity index (χ0n) is 21.5. The first-order valence-corrected chi connectivity index (χ1v) is 14.0. The molecule has 0 aliphatic rings. The summed E-state index contributed by atoms with van der Waals surface area (Å²) in [5.41, 5.74) is 3.95. The van der Waals surface area contributed by atoms with E-state index in [1.165, 1.54) is 14.2 Å². The third-order valence-electron chi connectivity index (χ3n) is 6.23. The van der Waals surface area contributed by atoms with Crippen molar-refractivity contribution in [2.24, 2.45) is 0 Å². The number of carbonyl (C=O) groups excluding carboxylic acids is 1. The molecule has 0 atom stereocenters. The van der Waals surface area contributed by atoms with Crippen LogP contribution in [0.25, 0.3) is 11.1 Å². The summed E-state index contributed by atoms with van der Waals surface area (Å²) in [6.45, 7) is 0.489. The molecule has 0 spiro atoms. The highest BCUT2D eigenvalue weighted by atomic mass is 32.2. The van der Waals surface area contributed by atoms with Gasteiger partial charge < -0.3 is 14.8 Å². The van der Waals surface area contributed by atoms with Crippen LogP contribution in [0.5, 0.6) is 11.5 Å². The van der Waals surface area contributed by atoms with Gasteiger partial charge >= 0.3 is 0 Å². The number of ether oxygens (including phenoxy) is 2. The van der Waals surface area contributed by atoms with Crippen molar-refractivity contribution in [2.45, 2.75) is 23.5 Å². The van der Waals surface area contributed by atoms with Crippen LogP contribution in [0.4, 0.5) is 0 Å². The van der Waals surface area contributed by atoms with E-state index in [1.54, 1.807) is 30.3 Å². The normalized spacial score (nSPS) is 11.1. The number of aryl methyl sites for hydroxylation is 1. The lowest BCUT2D eigenvalue weighted by Gasteiger charge is -2.13. The van der Waals surface area contributed by atoms with E-state index in [0.717, 1.165) is 16.7 Å². The van der Waals surface area contributed by atoms with Crippen molar-refractivity contribution in [1.82, 2.24) is 5.32 Å². The van der Waals surface area contributed by atoms with Gasteiger partial charge in [-0.3, -0.25) is 4.79 Å². The lowest BCUT2D eigenvalue weighted by molar-refractivity contribution is 0.0950. The topological polar surface area (TPSA) is 81.7 Å². The van der Waals surface area contributed by atoms with Crippen molar-refractivity contribution >= 4 is 15.7 Å². The first kappa shape index (κ1) is 26.9. The van der Waals surface area contributed by atoms with E-state index < -0.39 is 9.84 Å². The Morgan fingerprint density at radius 3 is 2.21 bits per heavy atom. The quantitative estimate of drug-likeness (QED) is 0.252. The molecule has 1 N–H and O–H groups in total. The Morgan fingerprint density at radius 1 is 0.737 bits per heavy atom. The van der Waals surface area contributed by atoms with E-state index in [0.29, 0.717) is 42.0 Å². The van der Waals surface area contributed by atoms with Gasteiger partial charge in [-0.15, -0.1) is 0 Å². The molecule has 4 aromatic rings. The summed E-state index contributed by atoms with van der Waals surface area (Å²) < 4.78 is 37.6. The molecule has 7 heteroatoms. The first-order valence-electron chi connectivity index (χ1n) is 12.4. The van der Waals surface area contributed by atoms with Gasteiger partial charge in [-0.2, -0.15) is 0 Å². The molecule has 38 heavy (non-hydrogen) atoms. The Balaban J connectivity index is 1.41. The highest BCUT2D eigenvalue weighted by Gasteiger charge is 2.21. The zero-order chi connectivity index (χ0) is 27.0. The van der Waals surface area contributed by atoms with Crippen molar-refractivity contribution in [2.75, 3.05) is 20.8 Å². The molecule has 0 unspecified atom stereocenters. The minimum atomic E-state index is -3.67. The Hall–Kier alpha value is -4.10. The van der Waals surface area contributed by atoms with Crippen molar-refractivity contribution in [3.63, 3.8) is 0 Å². The zero-order valence-corrected chi connectivity index (χ0v) is 22.3. The molecule has 0 heterocycles. The molecule has 0 saturated carbocycles. The second-order valence-electron chi connectivity index (χ2n) is 8.87. The Bertz CT molecular complexity index is 1500. The van der Waals surface area contributed by atoms with Gasteiger partial charge in [0.2, 0.25) is 0 Å². The van der Waals surface area contributed by atoms with Gasteiger partial charge in [0.15, 0.2) is 9.84 Å². The lowest BCUT2D eigenvalue weighted by Crippen LogP contribution is -2.25. The average Bonchev–Trinajstić information content (AvgIpc) is 2.95. The third-order valence-corrected chi connectivity index (χ3v) is 7.94. The van der Waals surface area contributed by atoms with Gasteiger partial charge in [0, 0.05) is 6.54 Å². The molecule has 0 bridgehead atoms. The van der Waals surface area contributed by atoms with Gasteiger partial charge in [-0.25, -0.2) is 8.42 Å². The number of sulfone groups is 1. The molecule has 0 aliphatic heterocycles. The third kappa shape index (κ3) is 6.61. The number of benzene rings is 4. The Labute approximate surface area is 224 Å². The Morgan fingerprint density at radius 2 is 1.45 bits per heavy atom. The summed E-state index contributed by atoms with van der Waals surface area (Å²) in [4.78, 5) is 12.7. The van der Waals surface area contributed by atoms with Crippen molar-refractivity contribution in [1.29, 1.82) is 0 Å². The molecule has 0 saturated heterocycles. The van der Waals surface area contributed by atoms with Crippen molar-refractivity contribution < 1.29 is 22.7 Å². The molecule has 0 fully saturated rings. The molecule has 4 rings (SSSR count). The number of carbonyl (C=O) groups is 1. The van der Waals surface area contributed by atoms with E-state index in [-0.39, 0.29) is 16.6 Å². The highest BCUT2D eigenvalue weighted by Crippen LogP contribution is 2.32. The average molecular weight is 530 g/mol. The predicted octanol–water partition coefficient (Wildman–Crippen LogP) is 5.71. The minimum absolute atomic E-state index is 0.139. The number of para-hydroxylation sites is 1. The van der Waals surface area contributed by atoms with E-state index in [2.05, 4.69) is 5.32 Å². The molecule has 0 aromatic heterocycles. The van der Waals surface area contributed by atoms with Crippen LogP contribution in [0.15, 0.2) is 102 Å². The molecule has 6 nitrogen and oxygen atoms in total. The number of nitrogens with one attached hydrogen (secondary N) is 1. The summed E-state index contributed by atoms with van der Waals surface area (Å²) in [6.07, 6.45) is 1.41. The van der Waals surface area contributed by atoms with E-state index in [1.807, 2.05) is 66.7 Å². The smallest absolute Gasteiger partial charge is 0.255 e. The van der Waals surface area contributed by atoms with Crippen LogP contribution in [-0.4, -0.2) is 35.1 Å². The lowest BCUT2D eigenvalue weighted by atomic mass is 10.1. The summed E-state index contributed by atoms with van der Waals surface area (Å²) >= 11 is 0. The van der Waals surface area contributed by atoms with Crippen LogP contribution >= 0.6 is 0 Å². The number of hydrogen-bond donors (Lipinski definition) is 1. The fourth-order valence-corrected chi connectivity index (χ4v) is 5.86. The molecular formula is C31H31NO5S. The fourth-order valence-electron chi connectivity index (χ4n) is 4.32. The second kappa shape index (κ2) is 12.4. The van der Waals surface area contributed by atoms with Crippen LogP contribution in [0, 0.1) is 0 Å². The van der Waals surface area contributed by atoms with E-state index >= 15 is 0 Å². The molecule has 196 valence electrons. The molecule has 0 aliphatic carbocycles. The van der Waals surface area contributed by atoms with Crippen LogP contribution in [0.1, 0.15) is 27.9 Å². The van der Waals surface area contributed by atoms with Gasteiger partial charge in [0.05, 0.1) is 25.5 Å². The summed E-state index contributed by atoms with van der Waals surface area (Å²) in [6, 6.07) is 29.5. The Kier molecular flexibility index (Phi) is 8.81. The monoisotopic (exact) mass is 529 g/mol. The molecular weight excluding hydrogens is 498 g/mol.